The number of hydrogen-bond acceptors (Lipinski definition) is 5. The fourth-order valence-corrected chi connectivity index (χ4v) is 3.62. The molecule has 1 N–H and O–H groups in total. The van der Waals surface area contributed by atoms with E-state index in [1.54, 1.807) is 31.3 Å². The van der Waals surface area contributed by atoms with Crippen LogP contribution in [0.3, 0.4) is 0 Å². The quantitative estimate of drug-likeness (QED) is 0.645. The van der Waals surface area contributed by atoms with Crippen LogP contribution in [-0.2, 0) is 14.4 Å². The zero-order chi connectivity index (χ0) is 16.0. The number of benzene rings is 1. The SMILES string of the molecule is CN1C(=O)C(=C2C(=O)SC(=S)N2CC(=O)O)c2ccccc21. The summed E-state index contributed by atoms with van der Waals surface area (Å²) in [6.45, 7) is -0.449. The van der Waals surface area contributed by atoms with Crippen molar-refractivity contribution in [2.24, 2.45) is 0 Å². The van der Waals surface area contributed by atoms with Crippen molar-refractivity contribution in [3.05, 3.63) is 35.5 Å². The second kappa shape index (κ2) is 5.22. The number of hydrogen-bond donors (Lipinski definition) is 1. The minimum absolute atomic E-state index is 0.0548. The molecule has 6 nitrogen and oxygen atoms in total. The highest BCUT2D eigenvalue weighted by Gasteiger charge is 2.41. The molecule has 22 heavy (non-hydrogen) atoms. The van der Waals surface area contributed by atoms with E-state index >= 15 is 0 Å². The van der Waals surface area contributed by atoms with Gasteiger partial charge >= 0.3 is 5.97 Å². The molecule has 3 rings (SSSR count). The van der Waals surface area contributed by atoms with E-state index < -0.39 is 17.6 Å². The Bertz CT molecular complexity index is 772. The molecule has 1 fully saturated rings. The van der Waals surface area contributed by atoms with Crippen LogP contribution in [0.2, 0.25) is 0 Å². The van der Waals surface area contributed by atoms with Crippen LogP contribution in [0.1, 0.15) is 5.56 Å². The Kier molecular flexibility index (Phi) is 3.50. The van der Waals surface area contributed by atoms with E-state index in [1.165, 1.54) is 9.80 Å². The molecule has 2 heterocycles. The van der Waals surface area contributed by atoms with Crippen LogP contribution in [0.5, 0.6) is 0 Å². The summed E-state index contributed by atoms with van der Waals surface area (Å²) >= 11 is 5.83. The number of thiocarbonyl (C=S) groups is 1. The Morgan fingerprint density at radius 1 is 1.32 bits per heavy atom. The molecular weight excluding hydrogens is 324 g/mol. The molecule has 2 aliphatic rings. The predicted octanol–water partition coefficient (Wildman–Crippen LogP) is 1.32. The van der Waals surface area contributed by atoms with Gasteiger partial charge in [0.05, 0.1) is 11.3 Å². The van der Waals surface area contributed by atoms with Gasteiger partial charge in [-0.1, -0.05) is 30.4 Å². The summed E-state index contributed by atoms with van der Waals surface area (Å²) in [5.74, 6) is -1.46. The molecule has 0 radical (unpaired) electrons. The molecule has 0 bridgehead atoms. The number of anilines is 1. The maximum absolute atomic E-state index is 12.5. The highest BCUT2D eigenvalue weighted by Crippen LogP contribution is 2.42. The number of carboxylic acids is 1. The molecule has 1 aromatic carbocycles. The number of carboxylic acid groups (broad SMARTS) is 1. The fourth-order valence-electron chi connectivity index (χ4n) is 2.50. The molecule has 0 aromatic heterocycles. The number of carbonyl (C=O) groups is 3. The van der Waals surface area contributed by atoms with Gasteiger partial charge in [0, 0.05) is 12.6 Å². The largest absolute Gasteiger partial charge is 0.480 e. The maximum Gasteiger partial charge on any atom is 0.323 e. The molecule has 0 atom stereocenters. The van der Waals surface area contributed by atoms with Crippen LogP contribution in [0, 0.1) is 0 Å². The second-order valence-electron chi connectivity index (χ2n) is 4.74. The zero-order valence-electron chi connectivity index (χ0n) is 11.4. The summed E-state index contributed by atoms with van der Waals surface area (Å²) < 4.78 is 0.148. The first-order chi connectivity index (χ1) is 10.4. The van der Waals surface area contributed by atoms with Gasteiger partial charge in [-0.2, -0.15) is 0 Å². The minimum Gasteiger partial charge on any atom is -0.480 e. The summed E-state index contributed by atoms with van der Waals surface area (Å²) in [5, 5.41) is 8.61. The molecule has 2 aliphatic heterocycles. The Labute approximate surface area is 135 Å². The first kappa shape index (κ1) is 14.7. The molecule has 1 aromatic rings. The average molecular weight is 334 g/mol. The Balaban J connectivity index is 2.23. The molecule has 0 aliphatic carbocycles. The Morgan fingerprint density at radius 3 is 2.68 bits per heavy atom. The van der Waals surface area contributed by atoms with Gasteiger partial charge in [0.1, 0.15) is 16.6 Å². The Hall–Kier alpha value is -2.19. The zero-order valence-corrected chi connectivity index (χ0v) is 13.0. The first-order valence-electron chi connectivity index (χ1n) is 6.29. The summed E-state index contributed by atoms with van der Waals surface area (Å²) in [4.78, 5) is 38.4. The van der Waals surface area contributed by atoms with Crippen molar-refractivity contribution in [3.63, 3.8) is 0 Å². The van der Waals surface area contributed by atoms with Gasteiger partial charge in [0.2, 0.25) is 5.12 Å². The summed E-state index contributed by atoms with van der Waals surface area (Å²) in [6.07, 6.45) is 0. The topological polar surface area (TPSA) is 77.9 Å². The van der Waals surface area contributed by atoms with Gasteiger partial charge in [-0.25, -0.2) is 0 Å². The van der Waals surface area contributed by atoms with Crippen molar-refractivity contribution in [2.45, 2.75) is 0 Å². The third-order valence-corrected chi connectivity index (χ3v) is 4.69. The van der Waals surface area contributed by atoms with E-state index in [1.807, 2.05) is 0 Å². The van der Waals surface area contributed by atoms with Crippen molar-refractivity contribution in [3.8, 4) is 0 Å². The number of amides is 1. The van der Waals surface area contributed by atoms with Crippen molar-refractivity contribution >= 4 is 56.6 Å². The van der Waals surface area contributed by atoms with Gasteiger partial charge in [-0.15, -0.1) is 0 Å². The van der Waals surface area contributed by atoms with Crippen LogP contribution < -0.4 is 4.90 Å². The van der Waals surface area contributed by atoms with Crippen LogP contribution in [0.25, 0.3) is 5.57 Å². The lowest BCUT2D eigenvalue weighted by atomic mass is 10.0. The molecule has 0 unspecified atom stereocenters. The second-order valence-corrected chi connectivity index (χ2v) is 6.35. The van der Waals surface area contributed by atoms with Crippen molar-refractivity contribution in [2.75, 3.05) is 18.5 Å². The Morgan fingerprint density at radius 2 is 2.00 bits per heavy atom. The lowest BCUT2D eigenvalue weighted by Gasteiger charge is -2.17. The van der Waals surface area contributed by atoms with Crippen molar-refractivity contribution < 1.29 is 19.5 Å². The number of nitrogens with zero attached hydrogens (tertiary/aromatic N) is 2. The van der Waals surface area contributed by atoms with Crippen LogP contribution >= 0.6 is 24.0 Å². The van der Waals surface area contributed by atoms with E-state index in [0.717, 1.165) is 11.8 Å². The number of thioether (sulfide) groups is 1. The number of aliphatic carboxylic acids is 1. The number of rotatable bonds is 2. The summed E-state index contributed by atoms with van der Waals surface area (Å²) in [7, 11) is 1.61. The van der Waals surface area contributed by atoms with Gasteiger partial charge in [-0.3, -0.25) is 14.4 Å². The molecule has 1 saturated heterocycles. The normalized spacial score (nSPS) is 20.9. The van der Waals surface area contributed by atoms with Gasteiger partial charge < -0.3 is 14.9 Å². The van der Waals surface area contributed by atoms with Crippen LogP contribution in [0.15, 0.2) is 30.0 Å². The third kappa shape index (κ3) is 2.11. The van der Waals surface area contributed by atoms with E-state index in [-0.39, 0.29) is 21.5 Å². The van der Waals surface area contributed by atoms with Crippen LogP contribution in [-0.4, -0.2) is 44.9 Å². The van der Waals surface area contributed by atoms with Crippen molar-refractivity contribution in [1.82, 2.24) is 4.90 Å². The molecular formula is C14H10N2O4S2. The lowest BCUT2D eigenvalue weighted by molar-refractivity contribution is -0.137. The van der Waals surface area contributed by atoms with Crippen LogP contribution in [0.4, 0.5) is 5.69 Å². The van der Waals surface area contributed by atoms with Gasteiger partial charge in [-0.05, 0) is 17.8 Å². The molecule has 8 heteroatoms. The number of carbonyl (C=O) groups excluding carboxylic acids is 2. The number of fused-ring (bicyclic) bond motifs is 1. The van der Waals surface area contributed by atoms with E-state index in [4.69, 9.17) is 17.3 Å². The van der Waals surface area contributed by atoms with Gasteiger partial charge in [0.25, 0.3) is 5.91 Å². The smallest absolute Gasteiger partial charge is 0.323 e. The molecule has 0 saturated carbocycles. The first-order valence-corrected chi connectivity index (χ1v) is 7.51. The highest BCUT2D eigenvalue weighted by atomic mass is 32.2. The third-order valence-electron chi connectivity index (χ3n) is 3.45. The standard InChI is InChI=1S/C14H10N2O4S2/c1-15-8-5-3-2-4-7(8)10(12(15)19)11-13(20)22-14(21)16(11)6-9(17)18/h2-5H,6H2,1H3,(H,17,18). The maximum atomic E-state index is 12.5. The van der Waals surface area contributed by atoms with E-state index in [0.29, 0.717) is 11.3 Å². The predicted molar refractivity (Wildman–Crippen MR) is 86.3 cm³/mol. The number of likely N-dealkylation sites (N-methyl/N-ethyl adjacent to an activating group) is 1. The van der Waals surface area contributed by atoms with Crippen molar-refractivity contribution in [1.29, 1.82) is 0 Å². The summed E-state index contributed by atoms with van der Waals surface area (Å²) in [6, 6.07) is 7.06. The minimum atomic E-state index is -1.12. The molecule has 1 amide bonds. The lowest BCUT2D eigenvalue weighted by Crippen LogP contribution is -2.31. The molecule has 0 spiro atoms. The fraction of sp³-hybridized carbons (Fsp3) is 0.143. The number of para-hydroxylation sites is 1. The summed E-state index contributed by atoms with van der Waals surface area (Å²) in [5.41, 5.74) is 1.55. The van der Waals surface area contributed by atoms with Gasteiger partial charge in [0.15, 0.2) is 0 Å². The monoisotopic (exact) mass is 334 g/mol. The van der Waals surface area contributed by atoms with E-state index in [2.05, 4.69) is 0 Å². The molecule has 112 valence electrons. The average Bonchev–Trinajstić information content (AvgIpc) is 2.86. The highest BCUT2D eigenvalue weighted by molar-refractivity contribution is 8.33. The van der Waals surface area contributed by atoms with E-state index in [9.17, 15) is 14.4 Å².